The molecule has 4 unspecified atom stereocenters. The summed E-state index contributed by atoms with van der Waals surface area (Å²) in [5.41, 5.74) is 0. The van der Waals surface area contributed by atoms with Crippen LogP contribution in [0.2, 0.25) is 0 Å². The highest BCUT2D eigenvalue weighted by Crippen LogP contribution is 2.30. The predicted molar refractivity (Wildman–Crippen MR) is 82.3 cm³/mol. The zero-order chi connectivity index (χ0) is 13.0. The Hall–Kier alpha value is -0.180. The Kier molecular flexibility index (Phi) is 5.40. The van der Waals surface area contributed by atoms with Crippen LogP contribution in [0.1, 0.15) is 52.9 Å². The quantitative estimate of drug-likeness (QED) is 0.839. The van der Waals surface area contributed by atoms with Crippen molar-refractivity contribution in [1.82, 2.24) is 5.32 Å². The number of nitrogens with zero attached hydrogens (tertiary/aromatic N) is 1. The molecule has 0 radical (unpaired) electrons. The molecule has 104 valence electrons. The zero-order valence-corrected chi connectivity index (χ0v) is 12.9. The Morgan fingerprint density at radius 1 is 1.28 bits per heavy atom. The van der Waals surface area contributed by atoms with E-state index in [9.17, 15) is 0 Å². The van der Waals surface area contributed by atoms with Crippen LogP contribution in [0.25, 0.3) is 0 Å². The summed E-state index contributed by atoms with van der Waals surface area (Å²) < 4.78 is 0. The van der Waals surface area contributed by atoms with Crippen molar-refractivity contribution in [3.8, 4) is 0 Å². The normalized spacial score (nSPS) is 39.6. The minimum absolute atomic E-state index is 0.583. The van der Waals surface area contributed by atoms with Gasteiger partial charge in [-0.2, -0.15) is 0 Å². The molecule has 3 heteroatoms. The Morgan fingerprint density at radius 3 is 2.83 bits per heavy atom. The minimum Gasteiger partial charge on any atom is -0.362 e. The molecule has 0 spiro atoms. The monoisotopic (exact) mass is 268 g/mol. The first-order valence-electron chi connectivity index (χ1n) is 7.59. The molecular formula is C15H28N2S. The van der Waals surface area contributed by atoms with Gasteiger partial charge in [0.25, 0.3) is 0 Å². The summed E-state index contributed by atoms with van der Waals surface area (Å²) in [7, 11) is 0. The van der Waals surface area contributed by atoms with Gasteiger partial charge >= 0.3 is 0 Å². The average molecular weight is 268 g/mol. The second-order valence-corrected chi connectivity index (χ2v) is 7.34. The van der Waals surface area contributed by atoms with E-state index in [0.717, 1.165) is 24.3 Å². The van der Waals surface area contributed by atoms with E-state index in [0.29, 0.717) is 6.04 Å². The van der Waals surface area contributed by atoms with Crippen LogP contribution in [0, 0.1) is 17.8 Å². The lowest BCUT2D eigenvalue weighted by atomic mass is 9.81. The lowest BCUT2D eigenvalue weighted by Crippen LogP contribution is -2.41. The van der Waals surface area contributed by atoms with E-state index in [1.807, 2.05) is 11.8 Å². The van der Waals surface area contributed by atoms with E-state index in [1.54, 1.807) is 0 Å². The number of hydrogen-bond donors (Lipinski definition) is 1. The van der Waals surface area contributed by atoms with Gasteiger partial charge < -0.3 is 5.32 Å². The minimum atomic E-state index is 0.583. The van der Waals surface area contributed by atoms with E-state index in [1.165, 1.54) is 43.0 Å². The number of nitrogens with one attached hydrogen (secondary N) is 1. The fourth-order valence-corrected chi connectivity index (χ4v) is 4.16. The van der Waals surface area contributed by atoms with Crippen LogP contribution in [0.5, 0.6) is 0 Å². The highest BCUT2D eigenvalue weighted by Gasteiger charge is 2.21. The number of aliphatic imine (C=N–C) groups is 1. The third-order valence-corrected chi connectivity index (χ3v) is 5.74. The molecule has 2 fully saturated rings. The maximum Gasteiger partial charge on any atom is 0.156 e. The SMILES string of the molecule is CC1CCCC(CCN=C2NC(C)C(C)CS2)C1. The Morgan fingerprint density at radius 2 is 2.11 bits per heavy atom. The molecular weight excluding hydrogens is 240 g/mol. The fourth-order valence-electron chi connectivity index (χ4n) is 3.00. The summed E-state index contributed by atoms with van der Waals surface area (Å²) >= 11 is 1.90. The molecule has 1 aliphatic heterocycles. The van der Waals surface area contributed by atoms with E-state index in [4.69, 9.17) is 4.99 Å². The molecule has 0 bridgehead atoms. The van der Waals surface area contributed by atoms with Gasteiger partial charge in [0.1, 0.15) is 0 Å². The molecule has 1 N–H and O–H groups in total. The van der Waals surface area contributed by atoms with Gasteiger partial charge in [0.2, 0.25) is 0 Å². The molecule has 1 heterocycles. The molecule has 0 aromatic rings. The molecule has 2 rings (SSSR count). The lowest BCUT2D eigenvalue weighted by Gasteiger charge is -2.29. The van der Waals surface area contributed by atoms with E-state index >= 15 is 0 Å². The third-order valence-electron chi connectivity index (χ3n) is 4.53. The van der Waals surface area contributed by atoms with Crippen LogP contribution in [-0.2, 0) is 0 Å². The largest absolute Gasteiger partial charge is 0.362 e. The zero-order valence-electron chi connectivity index (χ0n) is 12.1. The van der Waals surface area contributed by atoms with Crippen LogP contribution >= 0.6 is 11.8 Å². The molecule has 0 aromatic heterocycles. The highest BCUT2D eigenvalue weighted by molar-refractivity contribution is 8.13. The topological polar surface area (TPSA) is 24.4 Å². The first-order chi connectivity index (χ1) is 8.65. The van der Waals surface area contributed by atoms with E-state index < -0.39 is 0 Å². The van der Waals surface area contributed by atoms with Crippen molar-refractivity contribution in [2.45, 2.75) is 58.9 Å². The summed E-state index contributed by atoms with van der Waals surface area (Å²) in [6.07, 6.45) is 7.03. The van der Waals surface area contributed by atoms with Gasteiger partial charge in [0, 0.05) is 18.3 Å². The molecule has 0 aromatic carbocycles. The fraction of sp³-hybridized carbons (Fsp3) is 0.933. The van der Waals surface area contributed by atoms with Gasteiger partial charge in [-0.15, -0.1) is 0 Å². The molecule has 0 amide bonds. The first-order valence-corrected chi connectivity index (χ1v) is 8.57. The maximum absolute atomic E-state index is 4.76. The van der Waals surface area contributed by atoms with Crippen molar-refractivity contribution in [3.63, 3.8) is 0 Å². The van der Waals surface area contributed by atoms with Crippen LogP contribution < -0.4 is 5.32 Å². The Bertz CT molecular complexity index is 290. The van der Waals surface area contributed by atoms with Crippen molar-refractivity contribution >= 4 is 16.9 Å². The summed E-state index contributed by atoms with van der Waals surface area (Å²) in [6.45, 7) is 8.00. The molecule has 1 saturated heterocycles. The molecule has 2 nitrogen and oxygen atoms in total. The molecule has 4 atom stereocenters. The molecule has 1 aliphatic carbocycles. The Balaban J connectivity index is 1.70. The summed E-state index contributed by atoms with van der Waals surface area (Å²) in [4.78, 5) is 4.76. The summed E-state index contributed by atoms with van der Waals surface area (Å²) in [5.74, 6) is 3.85. The number of rotatable bonds is 3. The van der Waals surface area contributed by atoms with Gasteiger partial charge in [-0.25, -0.2) is 0 Å². The molecule has 18 heavy (non-hydrogen) atoms. The first kappa shape index (κ1) is 14.2. The van der Waals surface area contributed by atoms with Gasteiger partial charge in [0.15, 0.2) is 5.17 Å². The smallest absolute Gasteiger partial charge is 0.156 e. The van der Waals surface area contributed by atoms with Crippen molar-refractivity contribution in [1.29, 1.82) is 0 Å². The van der Waals surface area contributed by atoms with Crippen molar-refractivity contribution in [2.24, 2.45) is 22.7 Å². The average Bonchev–Trinajstić information content (AvgIpc) is 2.34. The van der Waals surface area contributed by atoms with Crippen LogP contribution in [0.15, 0.2) is 4.99 Å². The molecule has 2 aliphatic rings. The standard InChI is InChI=1S/C15H28N2S/c1-11-5-4-6-14(9-11)7-8-16-15-17-13(3)12(2)10-18-15/h11-14H,4-10H2,1-3H3,(H,16,17). The third kappa shape index (κ3) is 4.18. The van der Waals surface area contributed by atoms with E-state index in [2.05, 4.69) is 26.1 Å². The van der Waals surface area contributed by atoms with Gasteiger partial charge in [-0.05, 0) is 37.5 Å². The Labute approximate surface area is 116 Å². The van der Waals surface area contributed by atoms with E-state index in [-0.39, 0.29) is 0 Å². The number of amidine groups is 1. The highest BCUT2D eigenvalue weighted by atomic mass is 32.2. The van der Waals surface area contributed by atoms with Gasteiger partial charge in [-0.3, -0.25) is 4.99 Å². The second kappa shape index (κ2) is 6.83. The summed E-state index contributed by atoms with van der Waals surface area (Å²) in [6, 6.07) is 0.583. The van der Waals surface area contributed by atoms with Crippen molar-refractivity contribution in [3.05, 3.63) is 0 Å². The lowest BCUT2D eigenvalue weighted by molar-refractivity contribution is 0.273. The number of thioether (sulfide) groups is 1. The van der Waals surface area contributed by atoms with Gasteiger partial charge in [0.05, 0.1) is 0 Å². The molecule has 1 saturated carbocycles. The van der Waals surface area contributed by atoms with Crippen molar-refractivity contribution < 1.29 is 0 Å². The summed E-state index contributed by atoms with van der Waals surface area (Å²) in [5, 5.41) is 4.71. The van der Waals surface area contributed by atoms with Gasteiger partial charge in [-0.1, -0.05) is 44.9 Å². The second-order valence-electron chi connectivity index (χ2n) is 6.33. The van der Waals surface area contributed by atoms with Crippen LogP contribution in [-0.4, -0.2) is 23.5 Å². The number of hydrogen-bond acceptors (Lipinski definition) is 2. The maximum atomic E-state index is 4.76. The van der Waals surface area contributed by atoms with Crippen molar-refractivity contribution in [2.75, 3.05) is 12.3 Å². The van der Waals surface area contributed by atoms with Crippen LogP contribution in [0.4, 0.5) is 0 Å². The van der Waals surface area contributed by atoms with Crippen LogP contribution in [0.3, 0.4) is 0 Å². The predicted octanol–water partition coefficient (Wildman–Crippen LogP) is 3.92.